The Balaban J connectivity index is 2.06. The number of rotatable bonds is 2. The van der Waals surface area contributed by atoms with Crippen molar-refractivity contribution >= 4 is 15.7 Å². The van der Waals surface area contributed by atoms with Crippen LogP contribution in [0.2, 0.25) is 0 Å². The van der Waals surface area contributed by atoms with Gasteiger partial charge in [-0.15, -0.1) is 0 Å². The summed E-state index contributed by atoms with van der Waals surface area (Å²) in [6, 6.07) is 14.5. The average molecular weight is 289 g/mol. The van der Waals surface area contributed by atoms with Crippen molar-refractivity contribution in [3.8, 4) is 5.75 Å². The zero-order valence-electron chi connectivity index (χ0n) is 10.9. The minimum Gasteiger partial charge on any atom is -0.508 e. The highest BCUT2D eigenvalue weighted by Crippen LogP contribution is 2.35. The summed E-state index contributed by atoms with van der Waals surface area (Å²) in [5.41, 5.74) is 2.21. The van der Waals surface area contributed by atoms with Crippen molar-refractivity contribution < 1.29 is 13.5 Å². The fraction of sp³-hybridized carbons (Fsp3) is 0.200. The van der Waals surface area contributed by atoms with Gasteiger partial charge in [-0.2, -0.15) is 0 Å². The molecular formula is C15H15NO3S. The van der Waals surface area contributed by atoms with E-state index in [2.05, 4.69) is 0 Å². The quantitative estimate of drug-likeness (QED) is 0.922. The van der Waals surface area contributed by atoms with E-state index < -0.39 is 10.0 Å². The Morgan fingerprint density at radius 1 is 1.05 bits per heavy atom. The van der Waals surface area contributed by atoms with Crippen LogP contribution >= 0.6 is 0 Å². The van der Waals surface area contributed by atoms with Crippen LogP contribution in [0.1, 0.15) is 11.1 Å². The first kappa shape index (κ1) is 13.0. The van der Waals surface area contributed by atoms with E-state index in [1.165, 1.54) is 4.31 Å². The molecule has 1 N–H and O–H groups in total. The van der Waals surface area contributed by atoms with Crippen LogP contribution in [0.5, 0.6) is 5.75 Å². The van der Waals surface area contributed by atoms with Crippen molar-refractivity contribution in [1.29, 1.82) is 0 Å². The fourth-order valence-corrected chi connectivity index (χ4v) is 3.98. The number of benzene rings is 2. The Kier molecular flexibility index (Phi) is 3.14. The number of fused-ring (bicyclic) bond motifs is 1. The van der Waals surface area contributed by atoms with Crippen LogP contribution in [0.3, 0.4) is 0 Å². The molecule has 5 heteroatoms. The number of phenols is 1. The second-order valence-corrected chi connectivity index (χ2v) is 6.85. The first-order valence-electron chi connectivity index (χ1n) is 6.43. The summed E-state index contributed by atoms with van der Waals surface area (Å²) in [5, 5.41) is 9.89. The topological polar surface area (TPSA) is 57.6 Å². The van der Waals surface area contributed by atoms with Gasteiger partial charge < -0.3 is 5.11 Å². The molecule has 2 aromatic rings. The van der Waals surface area contributed by atoms with E-state index in [0.29, 0.717) is 24.2 Å². The van der Waals surface area contributed by atoms with Crippen molar-refractivity contribution in [2.24, 2.45) is 0 Å². The molecule has 1 aliphatic rings. The van der Waals surface area contributed by atoms with Gasteiger partial charge >= 0.3 is 0 Å². The van der Waals surface area contributed by atoms with Crippen LogP contribution in [0.4, 0.5) is 5.69 Å². The van der Waals surface area contributed by atoms with Gasteiger partial charge in [-0.05, 0) is 24.1 Å². The predicted molar refractivity (Wildman–Crippen MR) is 78.2 cm³/mol. The number of hydrogen-bond acceptors (Lipinski definition) is 3. The molecule has 0 radical (unpaired) electrons. The molecule has 2 aromatic carbocycles. The van der Waals surface area contributed by atoms with E-state index in [0.717, 1.165) is 5.56 Å². The lowest BCUT2D eigenvalue weighted by Gasteiger charge is -2.31. The van der Waals surface area contributed by atoms with Crippen LogP contribution in [0.15, 0.2) is 48.5 Å². The molecule has 20 heavy (non-hydrogen) atoms. The Hall–Kier alpha value is -2.01. The third kappa shape index (κ3) is 2.25. The molecule has 0 unspecified atom stereocenters. The SMILES string of the molecule is O=S1(=O)CCc2c(O)cccc2N1Cc1ccccc1. The highest BCUT2D eigenvalue weighted by molar-refractivity contribution is 7.92. The Morgan fingerprint density at radius 3 is 2.55 bits per heavy atom. The largest absolute Gasteiger partial charge is 0.508 e. The molecule has 0 fully saturated rings. The van der Waals surface area contributed by atoms with Crippen LogP contribution in [-0.2, 0) is 23.0 Å². The maximum Gasteiger partial charge on any atom is 0.235 e. The molecule has 1 heterocycles. The number of phenolic OH excluding ortho intramolecular Hbond substituents is 1. The number of aromatic hydroxyl groups is 1. The van der Waals surface area contributed by atoms with Gasteiger partial charge in [-0.1, -0.05) is 36.4 Å². The van der Waals surface area contributed by atoms with Gasteiger partial charge in [0.15, 0.2) is 0 Å². The normalized spacial score (nSPS) is 16.7. The van der Waals surface area contributed by atoms with Crippen molar-refractivity contribution in [2.45, 2.75) is 13.0 Å². The van der Waals surface area contributed by atoms with Crippen molar-refractivity contribution in [3.05, 3.63) is 59.7 Å². The zero-order valence-corrected chi connectivity index (χ0v) is 11.7. The molecule has 4 nitrogen and oxygen atoms in total. The number of nitrogens with zero attached hydrogens (tertiary/aromatic N) is 1. The summed E-state index contributed by atoms with van der Waals surface area (Å²) in [4.78, 5) is 0. The van der Waals surface area contributed by atoms with E-state index in [4.69, 9.17) is 0 Å². The molecule has 0 saturated heterocycles. The lowest BCUT2D eigenvalue weighted by Crippen LogP contribution is -2.37. The Labute approximate surface area is 118 Å². The van der Waals surface area contributed by atoms with Gasteiger partial charge in [-0.25, -0.2) is 8.42 Å². The first-order chi connectivity index (χ1) is 9.58. The minimum absolute atomic E-state index is 0.0321. The zero-order chi connectivity index (χ0) is 14.2. The molecule has 0 saturated carbocycles. The van der Waals surface area contributed by atoms with Crippen molar-refractivity contribution in [3.63, 3.8) is 0 Å². The summed E-state index contributed by atoms with van der Waals surface area (Å²) in [6.07, 6.45) is 0.357. The fourth-order valence-electron chi connectivity index (χ4n) is 2.48. The molecule has 3 rings (SSSR count). The standard InChI is InChI=1S/C15H15NO3S/c17-15-8-4-7-14-13(15)9-10-20(18,19)16(14)11-12-5-2-1-3-6-12/h1-8,17H,9-11H2. The van der Waals surface area contributed by atoms with Crippen molar-refractivity contribution in [1.82, 2.24) is 0 Å². The Bertz CT molecular complexity index is 726. The monoisotopic (exact) mass is 289 g/mol. The van der Waals surface area contributed by atoms with Gasteiger partial charge in [-0.3, -0.25) is 4.31 Å². The summed E-state index contributed by atoms with van der Waals surface area (Å²) < 4.78 is 26.0. The average Bonchev–Trinajstić information content (AvgIpc) is 2.43. The van der Waals surface area contributed by atoms with E-state index in [-0.39, 0.29) is 11.5 Å². The molecule has 0 amide bonds. The molecule has 0 spiro atoms. The van der Waals surface area contributed by atoms with Crippen LogP contribution in [0, 0.1) is 0 Å². The maximum absolute atomic E-state index is 12.3. The van der Waals surface area contributed by atoms with Gasteiger partial charge in [0.2, 0.25) is 10.0 Å². The Morgan fingerprint density at radius 2 is 1.80 bits per heavy atom. The summed E-state index contributed by atoms with van der Waals surface area (Å²) in [7, 11) is -3.33. The van der Waals surface area contributed by atoms with Gasteiger partial charge in [0.1, 0.15) is 5.75 Å². The summed E-state index contributed by atoms with van der Waals surface area (Å²) in [5.74, 6) is 0.195. The summed E-state index contributed by atoms with van der Waals surface area (Å²) in [6.45, 7) is 0.291. The van der Waals surface area contributed by atoms with E-state index in [9.17, 15) is 13.5 Å². The molecule has 0 atom stereocenters. The van der Waals surface area contributed by atoms with E-state index in [1.54, 1.807) is 18.2 Å². The van der Waals surface area contributed by atoms with Crippen LogP contribution < -0.4 is 4.31 Å². The number of anilines is 1. The molecule has 104 valence electrons. The maximum atomic E-state index is 12.3. The van der Waals surface area contributed by atoms with Crippen LogP contribution in [-0.4, -0.2) is 19.3 Å². The third-order valence-electron chi connectivity index (χ3n) is 3.51. The highest BCUT2D eigenvalue weighted by atomic mass is 32.2. The second kappa shape index (κ2) is 4.83. The molecule has 0 aromatic heterocycles. The summed E-state index contributed by atoms with van der Waals surface area (Å²) >= 11 is 0. The molecule has 0 bridgehead atoms. The number of sulfonamides is 1. The lowest BCUT2D eigenvalue weighted by molar-refractivity contribution is 0.468. The predicted octanol–water partition coefficient (Wildman–Crippen LogP) is 2.28. The molecule has 1 aliphatic heterocycles. The van der Waals surface area contributed by atoms with E-state index in [1.807, 2.05) is 30.3 Å². The van der Waals surface area contributed by atoms with Gasteiger partial charge in [0, 0.05) is 5.56 Å². The second-order valence-electron chi connectivity index (χ2n) is 4.83. The first-order valence-corrected chi connectivity index (χ1v) is 8.04. The smallest absolute Gasteiger partial charge is 0.235 e. The lowest BCUT2D eigenvalue weighted by atomic mass is 10.1. The van der Waals surface area contributed by atoms with Crippen LogP contribution in [0.25, 0.3) is 0 Å². The van der Waals surface area contributed by atoms with Crippen molar-refractivity contribution in [2.75, 3.05) is 10.1 Å². The van der Waals surface area contributed by atoms with Gasteiger partial charge in [0.05, 0.1) is 18.0 Å². The molecular weight excluding hydrogens is 274 g/mol. The van der Waals surface area contributed by atoms with Gasteiger partial charge in [0.25, 0.3) is 0 Å². The van der Waals surface area contributed by atoms with E-state index >= 15 is 0 Å². The molecule has 0 aliphatic carbocycles. The minimum atomic E-state index is -3.33. The third-order valence-corrected chi connectivity index (χ3v) is 5.23. The highest BCUT2D eigenvalue weighted by Gasteiger charge is 2.30. The number of hydrogen-bond donors (Lipinski definition) is 1.